The fourth-order valence-corrected chi connectivity index (χ4v) is 3.11. The molecule has 0 heterocycles. The lowest BCUT2D eigenvalue weighted by Gasteiger charge is -2.12. The van der Waals surface area contributed by atoms with Crippen LogP contribution in [0.15, 0.2) is 11.6 Å². The van der Waals surface area contributed by atoms with Crippen LogP contribution in [-0.4, -0.2) is 13.1 Å². The van der Waals surface area contributed by atoms with Crippen molar-refractivity contribution >= 4 is 0 Å². The van der Waals surface area contributed by atoms with E-state index in [1.807, 2.05) is 0 Å². The first-order valence-corrected chi connectivity index (χ1v) is 10.6. The zero-order valence-corrected chi connectivity index (χ0v) is 16.8. The molecule has 0 aromatic heterocycles. The number of rotatable bonds is 17. The third kappa shape index (κ3) is 17.9. The Bertz CT molecular complexity index is 257. The highest BCUT2D eigenvalue weighted by Gasteiger charge is 2.02. The van der Waals surface area contributed by atoms with Crippen LogP contribution in [0.1, 0.15) is 111 Å². The van der Waals surface area contributed by atoms with E-state index < -0.39 is 0 Å². The van der Waals surface area contributed by atoms with Crippen LogP contribution in [-0.2, 0) is 0 Å². The van der Waals surface area contributed by atoms with E-state index in [9.17, 15) is 0 Å². The molecule has 0 amide bonds. The Labute approximate surface area is 147 Å². The van der Waals surface area contributed by atoms with E-state index in [1.165, 1.54) is 96.6 Å². The highest BCUT2D eigenvalue weighted by atomic mass is 14.8. The molecule has 0 fully saturated rings. The van der Waals surface area contributed by atoms with E-state index in [0.29, 0.717) is 0 Å². The average Bonchev–Trinajstić information content (AvgIpc) is 2.54. The highest BCUT2D eigenvalue weighted by molar-refractivity contribution is 4.97. The first kappa shape index (κ1) is 22.7. The fourth-order valence-electron chi connectivity index (χ4n) is 3.11. The van der Waals surface area contributed by atoms with Crippen LogP contribution in [0.3, 0.4) is 0 Å². The van der Waals surface area contributed by atoms with Gasteiger partial charge in [-0.2, -0.15) is 0 Å². The van der Waals surface area contributed by atoms with Crippen molar-refractivity contribution in [1.29, 1.82) is 0 Å². The maximum atomic E-state index is 3.65. The third-order valence-corrected chi connectivity index (χ3v) is 4.78. The second-order valence-electron chi connectivity index (χ2n) is 7.49. The van der Waals surface area contributed by atoms with Gasteiger partial charge in [0.2, 0.25) is 0 Å². The Morgan fingerprint density at radius 3 is 2.00 bits per heavy atom. The van der Waals surface area contributed by atoms with Gasteiger partial charge in [0.15, 0.2) is 0 Å². The van der Waals surface area contributed by atoms with Crippen molar-refractivity contribution in [3.63, 3.8) is 0 Å². The topological polar surface area (TPSA) is 12.0 Å². The number of hydrogen-bond acceptors (Lipinski definition) is 1. The third-order valence-electron chi connectivity index (χ3n) is 4.78. The molecule has 1 nitrogen and oxygen atoms in total. The summed E-state index contributed by atoms with van der Waals surface area (Å²) in [7, 11) is 0. The van der Waals surface area contributed by atoms with Crippen molar-refractivity contribution in [1.82, 2.24) is 5.32 Å². The molecule has 0 aliphatic heterocycles. The second-order valence-corrected chi connectivity index (χ2v) is 7.49. The maximum absolute atomic E-state index is 3.65. The van der Waals surface area contributed by atoms with E-state index in [1.54, 1.807) is 5.57 Å². The van der Waals surface area contributed by atoms with Gasteiger partial charge in [0, 0.05) is 0 Å². The molecule has 0 unspecified atom stereocenters. The summed E-state index contributed by atoms with van der Waals surface area (Å²) in [6.45, 7) is 11.6. The summed E-state index contributed by atoms with van der Waals surface area (Å²) < 4.78 is 0. The summed E-state index contributed by atoms with van der Waals surface area (Å²) >= 11 is 0. The van der Waals surface area contributed by atoms with E-state index in [4.69, 9.17) is 0 Å². The van der Waals surface area contributed by atoms with Crippen LogP contribution >= 0.6 is 0 Å². The Kier molecular flexibility index (Phi) is 17.8. The van der Waals surface area contributed by atoms with E-state index in [2.05, 4.69) is 39.1 Å². The first-order chi connectivity index (χ1) is 11.2. The van der Waals surface area contributed by atoms with Crippen LogP contribution < -0.4 is 5.32 Å². The van der Waals surface area contributed by atoms with Crippen molar-refractivity contribution < 1.29 is 0 Å². The SMILES string of the molecule is CC/C=C(/C)CC[C@@H](C)CNCCCCCCCCCCCC. The van der Waals surface area contributed by atoms with Gasteiger partial charge < -0.3 is 5.32 Å². The first-order valence-electron chi connectivity index (χ1n) is 10.6. The molecule has 138 valence electrons. The molecule has 0 aromatic carbocycles. The maximum Gasteiger partial charge on any atom is -0.00230 e. The predicted octanol–water partition coefficient (Wildman–Crippen LogP) is 7.27. The molecule has 0 rings (SSSR count). The summed E-state index contributed by atoms with van der Waals surface area (Å²) in [4.78, 5) is 0. The van der Waals surface area contributed by atoms with E-state index in [-0.39, 0.29) is 0 Å². The normalized spacial score (nSPS) is 13.5. The molecule has 23 heavy (non-hydrogen) atoms. The predicted molar refractivity (Wildman–Crippen MR) is 107 cm³/mol. The Balaban J connectivity index is 3.22. The van der Waals surface area contributed by atoms with Crippen molar-refractivity contribution in [3.8, 4) is 0 Å². The smallest absolute Gasteiger partial charge is 0.00230 e. The molecular formula is C22H45N. The summed E-state index contributed by atoms with van der Waals surface area (Å²) in [5.74, 6) is 0.804. The van der Waals surface area contributed by atoms with Gasteiger partial charge in [0.05, 0.1) is 0 Å². The summed E-state index contributed by atoms with van der Waals surface area (Å²) in [6, 6.07) is 0. The molecule has 0 bridgehead atoms. The van der Waals surface area contributed by atoms with E-state index in [0.717, 1.165) is 5.92 Å². The lowest BCUT2D eigenvalue weighted by Crippen LogP contribution is -2.22. The Morgan fingerprint density at radius 1 is 0.870 bits per heavy atom. The van der Waals surface area contributed by atoms with Gasteiger partial charge in [0.1, 0.15) is 0 Å². The lowest BCUT2D eigenvalue weighted by atomic mass is 10.0. The van der Waals surface area contributed by atoms with Crippen molar-refractivity contribution in [2.45, 2.75) is 111 Å². The molecule has 0 saturated heterocycles. The highest BCUT2D eigenvalue weighted by Crippen LogP contribution is 2.12. The quantitative estimate of drug-likeness (QED) is 0.219. The van der Waals surface area contributed by atoms with Gasteiger partial charge in [-0.15, -0.1) is 0 Å². The molecule has 1 heteroatoms. The minimum atomic E-state index is 0.804. The number of nitrogens with one attached hydrogen (secondary N) is 1. The molecule has 1 N–H and O–H groups in total. The standard InChI is InChI=1S/C22H45N/c1-5-7-8-9-10-11-12-13-14-15-19-23-20-22(4)18-17-21(3)16-6-2/h16,22-23H,5-15,17-20H2,1-4H3/b21-16-/t22-/m1/s1. The Hall–Kier alpha value is -0.300. The molecular weight excluding hydrogens is 278 g/mol. The molecule has 0 radical (unpaired) electrons. The number of unbranched alkanes of at least 4 members (excludes halogenated alkanes) is 9. The monoisotopic (exact) mass is 323 g/mol. The molecule has 0 spiro atoms. The average molecular weight is 324 g/mol. The van der Waals surface area contributed by atoms with Crippen molar-refractivity contribution in [2.24, 2.45) is 5.92 Å². The second kappa shape index (κ2) is 18.0. The summed E-state index contributed by atoms with van der Waals surface area (Å²) in [5, 5.41) is 3.65. The van der Waals surface area contributed by atoms with Gasteiger partial charge in [-0.3, -0.25) is 0 Å². The largest absolute Gasteiger partial charge is 0.316 e. The molecule has 1 atom stereocenters. The fraction of sp³-hybridized carbons (Fsp3) is 0.909. The van der Waals surface area contributed by atoms with Gasteiger partial charge in [-0.1, -0.05) is 90.2 Å². The van der Waals surface area contributed by atoms with Crippen LogP contribution in [0.25, 0.3) is 0 Å². The zero-order chi connectivity index (χ0) is 17.2. The van der Waals surface area contributed by atoms with Crippen LogP contribution in [0, 0.1) is 5.92 Å². The van der Waals surface area contributed by atoms with E-state index >= 15 is 0 Å². The van der Waals surface area contributed by atoms with Crippen LogP contribution in [0.2, 0.25) is 0 Å². The molecule has 0 aliphatic rings. The minimum absolute atomic E-state index is 0.804. The number of allylic oxidation sites excluding steroid dienone is 2. The minimum Gasteiger partial charge on any atom is -0.316 e. The molecule has 0 aliphatic carbocycles. The van der Waals surface area contributed by atoms with Crippen molar-refractivity contribution in [2.75, 3.05) is 13.1 Å². The molecule has 0 aromatic rings. The van der Waals surface area contributed by atoms with Crippen LogP contribution in [0.5, 0.6) is 0 Å². The zero-order valence-electron chi connectivity index (χ0n) is 16.8. The van der Waals surface area contributed by atoms with Gasteiger partial charge in [-0.25, -0.2) is 0 Å². The molecule has 0 saturated carbocycles. The summed E-state index contributed by atoms with van der Waals surface area (Å²) in [5.41, 5.74) is 1.56. The van der Waals surface area contributed by atoms with Gasteiger partial charge >= 0.3 is 0 Å². The Morgan fingerprint density at radius 2 is 1.43 bits per heavy atom. The van der Waals surface area contributed by atoms with Crippen LogP contribution in [0.4, 0.5) is 0 Å². The number of hydrogen-bond donors (Lipinski definition) is 1. The van der Waals surface area contributed by atoms with Crippen molar-refractivity contribution in [3.05, 3.63) is 11.6 Å². The lowest BCUT2D eigenvalue weighted by molar-refractivity contribution is 0.469. The van der Waals surface area contributed by atoms with Gasteiger partial charge in [0.25, 0.3) is 0 Å². The van der Waals surface area contributed by atoms with Gasteiger partial charge in [-0.05, 0) is 51.6 Å². The summed E-state index contributed by atoms with van der Waals surface area (Å²) in [6.07, 6.45) is 20.4.